The van der Waals surface area contributed by atoms with Crippen molar-refractivity contribution in [2.75, 3.05) is 0 Å². The third-order valence-corrected chi connectivity index (χ3v) is 2.58. The van der Waals surface area contributed by atoms with Crippen molar-refractivity contribution < 1.29 is 18.4 Å². The van der Waals surface area contributed by atoms with Crippen molar-refractivity contribution in [3.05, 3.63) is 57.8 Å². The Hall–Kier alpha value is -1.98. The smallest absolute Gasteiger partial charge is 0.257 e. The van der Waals surface area contributed by atoms with Gasteiger partial charge < -0.3 is 4.74 Å². The quantitative estimate of drug-likeness (QED) is 0.590. The Bertz CT molecular complexity index is 476. The average Bonchev–Trinajstić information content (AvgIpc) is 2.32. The van der Waals surface area contributed by atoms with Gasteiger partial charge in [0.1, 0.15) is 11.6 Å². The molecule has 4 nitrogen and oxygen atoms in total. The predicted molar refractivity (Wildman–Crippen MR) is 54.7 cm³/mol. The number of halogens is 2. The fourth-order valence-electron chi connectivity index (χ4n) is 1.76. The minimum Gasteiger partial charge on any atom is -0.486 e. The summed E-state index contributed by atoms with van der Waals surface area (Å²) in [6, 6.07) is 1.72. The number of hydrogen-bond acceptors (Lipinski definition) is 3. The molecule has 17 heavy (non-hydrogen) atoms. The van der Waals surface area contributed by atoms with Crippen LogP contribution in [0.4, 0.5) is 8.78 Å². The lowest BCUT2D eigenvalue weighted by Gasteiger charge is -2.23. The lowest BCUT2D eigenvalue weighted by Crippen LogP contribution is -2.30. The molecule has 0 amide bonds. The maximum absolute atomic E-state index is 13.5. The van der Waals surface area contributed by atoms with Gasteiger partial charge in [0.2, 0.25) is 0 Å². The van der Waals surface area contributed by atoms with Crippen LogP contribution in [0.2, 0.25) is 0 Å². The third kappa shape index (κ3) is 2.25. The number of nitro groups is 1. The van der Waals surface area contributed by atoms with Gasteiger partial charge in [0.15, 0.2) is 6.10 Å². The lowest BCUT2D eigenvalue weighted by molar-refractivity contribution is -0.536. The van der Waals surface area contributed by atoms with E-state index in [1.807, 2.05) is 0 Å². The third-order valence-electron chi connectivity index (χ3n) is 2.58. The van der Waals surface area contributed by atoms with E-state index in [0.29, 0.717) is 0 Å². The van der Waals surface area contributed by atoms with Gasteiger partial charge in [0, 0.05) is 16.9 Å². The zero-order valence-corrected chi connectivity index (χ0v) is 8.68. The molecule has 0 bridgehead atoms. The molecule has 0 aliphatic carbocycles. The van der Waals surface area contributed by atoms with E-state index in [-0.39, 0.29) is 12.0 Å². The van der Waals surface area contributed by atoms with Crippen molar-refractivity contribution in [2.45, 2.75) is 18.6 Å². The van der Waals surface area contributed by atoms with E-state index in [9.17, 15) is 18.9 Å². The monoisotopic (exact) mass is 241 g/mol. The molecule has 0 N–H and O–H groups in total. The topological polar surface area (TPSA) is 52.4 Å². The Morgan fingerprint density at radius 2 is 2.18 bits per heavy atom. The second-order valence-corrected chi connectivity index (χ2v) is 3.68. The summed E-state index contributed by atoms with van der Waals surface area (Å²) >= 11 is 0. The van der Waals surface area contributed by atoms with E-state index >= 15 is 0 Å². The molecule has 0 radical (unpaired) electrons. The van der Waals surface area contributed by atoms with Crippen LogP contribution in [0.1, 0.15) is 18.1 Å². The minimum absolute atomic E-state index is 0.129. The van der Waals surface area contributed by atoms with Crippen LogP contribution in [0.25, 0.3) is 0 Å². The summed E-state index contributed by atoms with van der Waals surface area (Å²) in [5, 5.41) is 10.8. The van der Waals surface area contributed by atoms with Crippen LogP contribution in [0, 0.1) is 21.7 Å². The van der Waals surface area contributed by atoms with Gasteiger partial charge in [-0.2, -0.15) is 0 Å². The van der Waals surface area contributed by atoms with E-state index in [0.717, 1.165) is 18.2 Å². The molecule has 0 saturated heterocycles. The molecule has 90 valence electrons. The zero-order chi connectivity index (χ0) is 12.4. The van der Waals surface area contributed by atoms with Crippen LogP contribution in [0.3, 0.4) is 0 Å². The number of rotatable bonds is 2. The van der Waals surface area contributed by atoms with Crippen LogP contribution in [-0.4, -0.2) is 11.0 Å². The molecule has 1 aliphatic rings. The largest absolute Gasteiger partial charge is 0.486 e. The van der Waals surface area contributed by atoms with Gasteiger partial charge in [-0.15, -0.1) is 0 Å². The molecule has 2 unspecified atom stereocenters. The molecule has 2 rings (SSSR count). The highest BCUT2D eigenvalue weighted by molar-refractivity contribution is 5.23. The number of hydrogen-bond donors (Lipinski definition) is 0. The van der Waals surface area contributed by atoms with Crippen molar-refractivity contribution in [2.24, 2.45) is 0 Å². The van der Waals surface area contributed by atoms with Crippen molar-refractivity contribution in [3.63, 3.8) is 0 Å². The first-order valence-electron chi connectivity index (χ1n) is 4.98. The molecule has 1 aromatic carbocycles. The number of ether oxygens (including phenoxy) is 1. The maximum Gasteiger partial charge on any atom is 0.257 e. The summed E-state index contributed by atoms with van der Waals surface area (Å²) in [7, 11) is 0. The number of benzene rings is 1. The Balaban J connectivity index is 2.40. The van der Waals surface area contributed by atoms with Crippen LogP contribution in [0.15, 0.2) is 30.5 Å². The molecule has 0 spiro atoms. The van der Waals surface area contributed by atoms with Crippen LogP contribution >= 0.6 is 0 Å². The molecule has 6 heteroatoms. The van der Waals surface area contributed by atoms with Crippen LogP contribution < -0.4 is 0 Å². The highest BCUT2D eigenvalue weighted by Gasteiger charge is 2.37. The molecule has 0 aromatic heterocycles. The Morgan fingerprint density at radius 3 is 2.88 bits per heavy atom. The highest BCUT2D eigenvalue weighted by atomic mass is 19.1. The second kappa shape index (κ2) is 4.48. The van der Waals surface area contributed by atoms with E-state index < -0.39 is 28.7 Å². The van der Waals surface area contributed by atoms with Gasteiger partial charge in [-0.05, 0) is 24.3 Å². The Kier molecular flexibility index (Phi) is 3.03. The predicted octanol–water partition coefficient (Wildman–Crippen LogP) is 2.59. The van der Waals surface area contributed by atoms with E-state index in [1.54, 1.807) is 0 Å². The molecular weight excluding hydrogens is 232 g/mol. The van der Waals surface area contributed by atoms with E-state index in [4.69, 9.17) is 4.74 Å². The highest BCUT2D eigenvalue weighted by Crippen LogP contribution is 2.31. The fourth-order valence-corrected chi connectivity index (χ4v) is 1.76. The molecule has 2 atom stereocenters. The van der Waals surface area contributed by atoms with Crippen LogP contribution in [-0.2, 0) is 4.74 Å². The van der Waals surface area contributed by atoms with Crippen molar-refractivity contribution in [1.29, 1.82) is 0 Å². The molecular formula is C11H9F2NO3. The zero-order valence-electron chi connectivity index (χ0n) is 8.68. The van der Waals surface area contributed by atoms with Crippen LogP contribution in [0.5, 0.6) is 0 Å². The van der Waals surface area contributed by atoms with Gasteiger partial charge >= 0.3 is 0 Å². The normalized spacial score (nSPS) is 23.2. The summed E-state index contributed by atoms with van der Waals surface area (Å²) in [5.74, 6) is -1.36. The summed E-state index contributed by atoms with van der Waals surface area (Å²) < 4.78 is 31.6. The minimum atomic E-state index is -1.10. The first kappa shape index (κ1) is 11.5. The fraction of sp³-hybridized carbons (Fsp3) is 0.273. The molecule has 1 heterocycles. The molecule has 1 aliphatic heterocycles. The summed E-state index contributed by atoms with van der Waals surface area (Å²) in [6.45, 7) is 0. The van der Waals surface area contributed by atoms with Gasteiger partial charge in [-0.1, -0.05) is 0 Å². The standard InChI is InChI=1S/C11H9F2NO3/c12-7-3-4-9(13)8(6-7)11-10(14(15)16)2-1-5-17-11/h1,3-6,10-11H,2H2. The van der Waals surface area contributed by atoms with E-state index in [1.165, 1.54) is 12.3 Å². The first-order valence-corrected chi connectivity index (χ1v) is 4.98. The first-order chi connectivity index (χ1) is 8.09. The molecule has 1 aromatic rings. The van der Waals surface area contributed by atoms with Gasteiger partial charge in [-0.3, -0.25) is 10.1 Å². The van der Waals surface area contributed by atoms with Gasteiger partial charge in [-0.25, -0.2) is 8.78 Å². The molecule has 0 saturated carbocycles. The molecule has 0 fully saturated rings. The Morgan fingerprint density at radius 1 is 1.41 bits per heavy atom. The lowest BCUT2D eigenvalue weighted by atomic mass is 9.98. The van der Waals surface area contributed by atoms with E-state index in [2.05, 4.69) is 0 Å². The Labute approximate surface area is 95.7 Å². The second-order valence-electron chi connectivity index (χ2n) is 3.68. The summed E-state index contributed by atoms with van der Waals surface area (Å²) in [6.07, 6.45) is 1.80. The van der Waals surface area contributed by atoms with Gasteiger partial charge in [0.25, 0.3) is 6.04 Å². The number of nitrogens with zero attached hydrogens (tertiary/aromatic N) is 1. The average molecular weight is 241 g/mol. The maximum atomic E-state index is 13.5. The van der Waals surface area contributed by atoms with Crippen molar-refractivity contribution in [3.8, 4) is 0 Å². The van der Waals surface area contributed by atoms with Gasteiger partial charge in [0.05, 0.1) is 6.26 Å². The van der Waals surface area contributed by atoms with Crippen molar-refractivity contribution in [1.82, 2.24) is 0 Å². The SMILES string of the molecule is O=[N+]([O-])C1CC=COC1c1cc(F)ccc1F. The van der Waals surface area contributed by atoms with Crippen molar-refractivity contribution >= 4 is 0 Å². The summed E-state index contributed by atoms with van der Waals surface area (Å²) in [4.78, 5) is 10.3. The summed E-state index contributed by atoms with van der Waals surface area (Å²) in [5.41, 5.74) is -0.129.